The van der Waals surface area contributed by atoms with Crippen molar-refractivity contribution >= 4 is 17.6 Å². The zero-order valence-electron chi connectivity index (χ0n) is 7.64. The fourth-order valence-electron chi connectivity index (χ4n) is 0.674. The molecule has 0 saturated heterocycles. The van der Waals surface area contributed by atoms with Crippen molar-refractivity contribution in [1.82, 2.24) is 0 Å². The van der Waals surface area contributed by atoms with Gasteiger partial charge in [-0.05, 0) is 0 Å². The average molecular weight is 230 g/mol. The topological polar surface area (TPSA) is 70.1 Å². The second-order valence-corrected chi connectivity index (χ2v) is 4.35. The average Bonchev–Trinajstić information content (AvgIpc) is 2.01. The minimum absolute atomic E-state index is 0.187. The first-order valence-electron chi connectivity index (χ1n) is 3.92. The molecule has 0 rings (SSSR count). The van der Waals surface area contributed by atoms with Gasteiger partial charge in [-0.2, -0.15) is 24.9 Å². The molecule has 0 aliphatic rings. The lowest BCUT2D eigenvalue weighted by atomic mass is 10.1. The first-order valence-corrected chi connectivity index (χ1v) is 4.97. The van der Waals surface area contributed by atoms with Crippen LogP contribution >= 0.6 is 11.8 Å². The van der Waals surface area contributed by atoms with E-state index in [2.05, 4.69) is 0 Å². The Morgan fingerprint density at radius 1 is 1.57 bits per heavy atom. The maximum atomic E-state index is 12.2. The SMILES string of the molecule is CC(CO)SCC(C(=N)N)C(F)(F)F. The van der Waals surface area contributed by atoms with Crippen molar-refractivity contribution in [3.63, 3.8) is 0 Å². The van der Waals surface area contributed by atoms with Crippen LogP contribution in [0.4, 0.5) is 13.2 Å². The molecule has 7 heteroatoms. The van der Waals surface area contributed by atoms with Gasteiger partial charge in [-0.1, -0.05) is 6.92 Å². The normalized spacial score (nSPS) is 16.4. The molecule has 14 heavy (non-hydrogen) atoms. The number of hydrogen-bond donors (Lipinski definition) is 3. The Bertz CT molecular complexity index is 198. The van der Waals surface area contributed by atoms with E-state index in [4.69, 9.17) is 16.2 Å². The number of aliphatic hydroxyl groups is 1. The van der Waals surface area contributed by atoms with E-state index in [0.29, 0.717) is 0 Å². The van der Waals surface area contributed by atoms with E-state index in [-0.39, 0.29) is 17.6 Å². The highest BCUT2D eigenvalue weighted by molar-refractivity contribution is 7.99. The molecular formula is C7H13F3N2OS. The van der Waals surface area contributed by atoms with Crippen molar-refractivity contribution in [2.45, 2.75) is 18.3 Å². The van der Waals surface area contributed by atoms with Gasteiger partial charge in [0.2, 0.25) is 0 Å². The van der Waals surface area contributed by atoms with Crippen molar-refractivity contribution in [2.75, 3.05) is 12.4 Å². The third-order valence-electron chi connectivity index (χ3n) is 1.58. The molecule has 0 aromatic heterocycles. The van der Waals surface area contributed by atoms with Gasteiger partial charge in [0, 0.05) is 11.0 Å². The van der Waals surface area contributed by atoms with Crippen molar-refractivity contribution < 1.29 is 18.3 Å². The summed E-state index contributed by atoms with van der Waals surface area (Å²) in [7, 11) is 0. The van der Waals surface area contributed by atoms with E-state index >= 15 is 0 Å². The van der Waals surface area contributed by atoms with Gasteiger partial charge in [0.05, 0.1) is 6.61 Å². The summed E-state index contributed by atoms with van der Waals surface area (Å²) >= 11 is 0.949. The standard InChI is InChI=1S/C7H13F3N2OS/c1-4(2-13)14-3-5(6(11)12)7(8,9)10/h4-5,13H,2-3H2,1H3,(H3,11,12). The fraction of sp³-hybridized carbons (Fsp3) is 0.857. The number of amidine groups is 1. The van der Waals surface area contributed by atoms with Crippen LogP contribution in [0.3, 0.4) is 0 Å². The maximum absolute atomic E-state index is 12.2. The summed E-state index contributed by atoms with van der Waals surface area (Å²) in [6, 6.07) is 0. The lowest BCUT2D eigenvalue weighted by molar-refractivity contribution is -0.150. The number of aliphatic hydroxyl groups excluding tert-OH is 1. The van der Waals surface area contributed by atoms with E-state index in [1.165, 1.54) is 0 Å². The quantitative estimate of drug-likeness (QED) is 0.491. The lowest BCUT2D eigenvalue weighted by Crippen LogP contribution is -2.37. The minimum atomic E-state index is -4.48. The first kappa shape index (κ1) is 13.6. The molecule has 3 nitrogen and oxygen atoms in total. The van der Waals surface area contributed by atoms with Crippen molar-refractivity contribution in [3.8, 4) is 0 Å². The van der Waals surface area contributed by atoms with Crippen LogP contribution in [0.1, 0.15) is 6.92 Å². The number of rotatable bonds is 5. The summed E-state index contributed by atoms with van der Waals surface area (Å²) in [5.41, 5.74) is 4.84. The Morgan fingerprint density at radius 2 is 2.07 bits per heavy atom. The molecule has 0 aromatic carbocycles. The predicted octanol–water partition coefficient (Wildman–Crippen LogP) is 1.21. The van der Waals surface area contributed by atoms with E-state index in [9.17, 15) is 13.2 Å². The van der Waals surface area contributed by atoms with Gasteiger partial charge in [-0.15, -0.1) is 0 Å². The molecule has 0 aromatic rings. The van der Waals surface area contributed by atoms with E-state index in [0.717, 1.165) is 11.8 Å². The highest BCUT2D eigenvalue weighted by Crippen LogP contribution is 2.30. The van der Waals surface area contributed by atoms with Crippen molar-refractivity contribution in [2.24, 2.45) is 11.7 Å². The Kier molecular flexibility index (Phi) is 5.28. The van der Waals surface area contributed by atoms with E-state index in [1.807, 2.05) is 0 Å². The smallest absolute Gasteiger partial charge is 0.395 e. The van der Waals surface area contributed by atoms with Gasteiger partial charge in [0.1, 0.15) is 11.8 Å². The number of alkyl halides is 3. The summed E-state index contributed by atoms with van der Waals surface area (Å²) in [5, 5.41) is 15.1. The Morgan fingerprint density at radius 3 is 2.36 bits per heavy atom. The molecular weight excluding hydrogens is 217 g/mol. The summed E-state index contributed by atoms with van der Waals surface area (Å²) in [6.07, 6.45) is -4.48. The molecule has 2 atom stereocenters. The minimum Gasteiger partial charge on any atom is -0.395 e. The molecule has 84 valence electrons. The molecule has 4 N–H and O–H groups in total. The summed E-state index contributed by atoms with van der Waals surface area (Å²) in [6.45, 7) is 1.42. The Labute approximate surface area is 84.4 Å². The molecule has 0 radical (unpaired) electrons. The molecule has 0 heterocycles. The lowest BCUT2D eigenvalue weighted by Gasteiger charge is -2.19. The fourth-order valence-corrected chi connectivity index (χ4v) is 1.67. The number of hydrogen-bond acceptors (Lipinski definition) is 3. The van der Waals surface area contributed by atoms with Crippen LogP contribution in [0.25, 0.3) is 0 Å². The van der Waals surface area contributed by atoms with E-state index < -0.39 is 17.9 Å². The number of thioether (sulfide) groups is 1. The van der Waals surface area contributed by atoms with Crippen molar-refractivity contribution in [3.05, 3.63) is 0 Å². The summed E-state index contributed by atoms with van der Waals surface area (Å²) in [5.74, 6) is -3.11. The number of halogens is 3. The number of nitrogens with two attached hydrogens (primary N) is 1. The third-order valence-corrected chi connectivity index (χ3v) is 2.82. The second-order valence-electron chi connectivity index (χ2n) is 2.88. The zero-order valence-corrected chi connectivity index (χ0v) is 8.45. The Balaban J connectivity index is 4.19. The molecule has 0 spiro atoms. The Hall–Kier alpha value is -0.430. The van der Waals surface area contributed by atoms with Gasteiger partial charge in [0.15, 0.2) is 0 Å². The summed E-state index contributed by atoms with van der Waals surface area (Å²) in [4.78, 5) is 0. The molecule has 0 fully saturated rings. The molecule has 0 bridgehead atoms. The molecule has 0 aliphatic heterocycles. The summed E-state index contributed by atoms with van der Waals surface area (Å²) < 4.78 is 36.7. The van der Waals surface area contributed by atoms with Crippen LogP contribution < -0.4 is 5.73 Å². The van der Waals surface area contributed by atoms with Gasteiger partial charge in [-0.25, -0.2) is 0 Å². The van der Waals surface area contributed by atoms with Crippen LogP contribution in [0.15, 0.2) is 0 Å². The molecule has 0 amide bonds. The highest BCUT2D eigenvalue weighted by atomic mass is 32.2. The van der Waals surface area contributed by atoms with Crippen LogP contribution in [-0.4, -0.2) is 34.7 Å². The van der Waals surface area contributed by atoms with Crippen LogP contribution in [0.2, 0.25) is 0 Å². The monoisotopic (exact) mass is 230 g/mol. The predicted molar refractivity (Wildman–Crippen MR) is 50.5 cm³/mol. The largest absolute Gasteiger partial charge is 0.399 e. The van der Waals surface area contributed by atoms with Crippen LogP contribution in [0, 0.1) is 11.3 Å². The second kappa shape index (κ2) is 5.45. The first-order chi connectivity index (χ1) is 6.29. The van der Waals surface area contributed by atoms with Crippen LogP contribution in [0.5, 0.6) is 0 Å². The third kappa shape index (κ3) is 4.71. The molecule has 2 unspecified atom stereocenters. The van der Waals surface area contributed by atoms with E-state index in [1.54, 1.807) is 6.92 Å². The zero-order chi connectivity index (χ0) is 11.4. The molecule has 0 aliphatic carbocycles. The molecule has 0 saturated carbocycles. The number of nitrogens with one attached hydrogen (secondary N) is 1. The highest BCUT2D eigenvalue weighted by Gasteiger charge is 2.41. The van der Waals surface area contributed by atoms with Crippen molar-refractivity contribution in [1.29, 1.82) is 5.41 Å². The van der Waals surface area contributed by atoms with Crippen LogP contribution in [-0.2, 0) is 0 Å². The van der Waals surface area contributed by atoms with Gasteiger partial charge < -0.3 is 10.8 Å². The van der Waals surface area contributed by atoms with Gasteiger partial charge >= 0.3 is 6.18 Å². The maximum Gasteiger partial charge on any atom is 0.399 e. The van der Waals surface area contributed by atoms with Gasteiger partial charge in [-0.3, -0.25) is 5.41 Å². The van der Waals surface area contributed by atoms with Gasteiger partial charge in [0.25, 0.3) is 0 Å².